The lowest BCUT2D eigenvalue weighted by atomic mass is 10.3. The Balaban J connectivity index is 3.54. The third-order valence-corrected chi connectivity index (χ3v) is 1.94. The van der Waals surface area contributed by atoms with Gasteiger partial charge in [-0.15, -0.1) is 11.6 Å². The average Bonchev–Trinajstić information content (AvgIpc) is 2.04. The molecule has 2 atom stereocenters. The first-order chi connectivity index (χ1) is 6.10. The van der Waals surface area contributed by atoms with E-state index in [1.165, 1.54) is 7.11 Å². The smallest absolute Gasteiger partial charge is 0.0899 e. The summed E-state index contributed by atoms with van der Waals surface area (Å²) in [5.74, 6) is 0.213. The predicted octanol–water partition coefficient (Wildman–Crippen LogP) is -0.475. The zero-order valence-corrected chi connectivity index (χ0v) is 8.87. The minimum absolute atomic E-state index is 0.213. The Bertz CT molecular complexity index is 126. The molecule has 80 valence electrons. The van der Waals surface area contributed by atoms with Crippen molar-refractivity contribution in [1.29, 1.82) is 0 Å². The van der Waals surface area contributed by atoms with Gasteiger partial charge in [-0.25, -0.2) is 0 Å². The molecule has 0 aliphatic rings. The van der Waals surface area contributed by atoms with Crippen molar-refractivity contribution >= 4 is 11.6 Å². The number of likely N-dealkylation sites (N-methyl/N-ethyl adjacent to an activating group) is 1. The van der Waals surface area contributed by atoms with Crippen molar-refractivity contribution < 1.29 is 14.9 Å². The monoisotopic (exact) mass is 211 g/mol. The highest BCUT2D eigenvalue weighted by atomic mass is 35.5. The van der Waals surface area contributed by atoms with Gasteiger partial charge in [-0.2, -0.15) is 0 Å². The minimum atomic E-state index is -0.540. The molecule has 0 saturated carbocycles. The fourth-order valence-corrected chi connectivity index (χ4v) is 1.19. The summed E-state index contributed by atoms with van der Waals surface area (Å²) in [7, 11) is 3.35. The van der Waals surface area contributed by atoms with Gasteiger partial charge in [0.05, 0.1) is 18.8 Å². The van der Waals surface area contributed by atoms with E-state index in [0.717, 1.165) is 0 Å². The third-order valence-electron chi connectivity index (χ3n) is 1.58. The number of alkyl halides is 1. The molecule has 0 rings (SSSR count). The number of ether oxygens (including phenoxy) is 1. The number of rotatable bonds is 7. The minimum Gasteiger partial charge on any atom is -0.391 e. The highest BCUT2D eigenvalue weighted by Gasteiger charge is 2.11. The van der Waals surface area contributed by atoms with Gasteiger partial charge in [0.2, 0.25) is 0 Å². The van der Waals surface area contributed by atoms with Crippen molar-refractivity contribution in [2.45, 2.75) is 12.2 Å². The quantitative estimate of drug-likeness (QED) is 0.559. The third kappa shape index (κ3) is 7.22. The normalized spacial score (nSPS) is 16.2. The summed E-state index contributed by atoms with van der Waals surface area (Å²) in [6.45, 7) is 1.24. The Kier molecular flexibility index (Phi) is 7.60. The molecule has 5 heteroatoms. The lowest BCUT2D eigenvalue weighted by molar-refractivity contribution is 0.0343. The van der Waals surface area contributed by atoms with Crippen LogP contribution in [0.25, 0.3) is 0 Å². The molecule has 2 unspecified atom stereocenters. The van der Waals surface area contributed by atoms with Crippen LogP contribution in [0.5, 0.6) is 0 Å². The van der Waals surface area contributed by atoms with Gasteiger partial charge in [-0.05, 0) is 7.05 Å². The van der Waals surface area contributed by atoms with E-state index >= 15 is 0 Å². The van der Waals surface area contributed by atoms with E-state index in [1.807, 2.05) is 11.9 Å². The Labute approximate surface area is 84.1 Å². The van der Waals surface area contributed by atoms with Crippen LogP contribution in [0.15, 0.2) is 0 Å². The second-order valence-electron chi connectivity index (χ2n) is 3.14. The molecule has 0 radical (unpaired) electrons. The van der Waals surface area contributed by atoms with Crippen LogP contribution in [0.1, 0.15) is 0 Å². The second-order valence-corrected chi connectivity index (χ2v) is 3.45. The highest BCUT2D eigenvalue weighted by Crippen LogP contribution is 1.94. The number of halogens is 1. The molecule has 0 saturated heterocycles. The SMILES string of the molecule is COCC(O)CN(C)CC(O)CCl. The molecule has 0 bridgehead atoms. The van der Waals surface area contributed by atoms with E-state index in [9.17, 15) is 10.2 Å². The van der Waals surface area contributed by atoms with Crippen molar-refractivity contribution in [3.63, 3.8) is 0 Å². The van der Waals surface area contributed by atoms with Crippen molar-refractivity contribution in [1.82, 2.24) is 4.90 Å². The van der Waals surface area contributed by atoms with Crippen molar-refractivity contribution in [2.24, 2.45) is 0 Å². The van der Waals surface area contributed by atoms with Gasteiger partial charge in [-0.3, -0.25) is 0 Å². The summed E-state index contributed by atoms with van der Waals surface area (Å²) in [5.41, 5.74) is 0. The number of methoxy groups -OCH3 is 1. The number of nitrogens with zero attached hydrogens (tertiary/aromatic N) is 1. The maximum atomic E-state index is 9.32. The van der Waals surface area contributed by atoms with Gasteiger partial charge >= 0.3 is 0 Å². The first kappa shape index (κ1) is 13.1. The van der Waals surface area contributed by atoms with Crippen molar-refractivity contribution in [3.8, 4) is 0 Å². The molecule has 0 spiro atoms. The average molecular weight is 212 g/mol. The molecule has 13 heavy (non-hydrogen) atoms. The summed E-state index contributed by atoms with van der Waals surface area (Å²) >= 11 is 5.43. The molecular weight excluding hydrogens is 194 g/mol. The molecule has 0 aliphatic heterocycles. The molecule has 0 aromatic carbocycles. The van der Waals surface area contributed by atoms with Crippen LogP contribution in [-0.2, 0) is 4.74 Å². The van der Waals surface area contributed by atoms with E-state index in [0.29, 0.717) is 19.7 Å². The molecule has 4 nitrogen and oxygen atoms in total. The highest BCUT2D eigenvalue weighted by molar-refractivity contribution is 6.18. The summed E-state index contributed by atoms with van der Waals surface area (Å²) in [6.07, 6.45) is -1.06. The van der Waals surface area contributed by atoms with E-state index < -0.39 is 12.2 Å². The van der Waals surface area contributed by atoms with Gasteiger partial charge in [0.15, 0.2) is 0 Å². The zero-order valence-electron chi connectivity index (χ0n) is 8.11. The second kappa shape index (κ2) is 7.53. The maximum absolute atomic E-state index is 9.32. The fourth-order valence-electron chi connectivity index (χ4n) is 1.09. The first-order valence-corrected chi connectivity index (χ1v) is 4.73. The molecule has 0 heterocycles. The van der Waals surface area contributed by atoms with Crippen LogP contribution in [0.4, 0.5) is 0 Å². The van der Waals surface area contributed by atoms with E-state index in [2.05, 4.69) is 0 Å². The van der Waals surface area contributed by atoms with Gasteiger partial charge in [-0.1, -0.05) is 0 Å². The van der Waals surface area contributed by atoms with E-state index in [-0.39, 0.29) is 5.88 Å². The molecule has 0 aliphatic carbocycles. The molecule has 0 amide bonds. The topological polar surface area (TPSA) is 52.9 Å². The molecular formula is C8H18ClNO3. The van der Waals surface area contributed by atoms with Gasteiger partial charge in [0.1, 0.15) is 0 Å². The van der Waals surface area contributed by atoms with Crippen LogP contribution in [0.3, 0.4) is 0 Å². The maximum Gasteiger partial charge on any atom is 0.0899 e. The molecule has 0 fully saturated rings. The Hall–Kier alpha value is 0.130. The molecule has 0 aromatic heterocycles. The van der Waals surface area contributed by atoms with Gasteiger partial charge in [0, 0.05) is 26.1 Å². The van der Waals surface area contributed by atoms with Crippen LogP contribution in [0, 0.1) is 0 Å². The Morgan fingerprint density at radius 1 is 1.31 bits per heavy atom. The predicted molar refractivity (Wildman–Crippen MR) is 52.1 cm³/mol. The van der Waals surface area contributed by atoms with E-state index in [4.69, 9.17) is 16.3 Å². The number of aliphatic hydroxyl groups excluding tert-OH is 2. The van der Waals surface area contributed by atoms with Crippen LogP contribution < -0.4 is 0 Å². The summed E-state index contributed by atoms with van der Waals surface area (Å²) in [6, 6.07) is 0. The van der Waals surface area contributed by atoms with Gasteiger partial charge in [0.25, 0.3) is 0 Å². The van der Waals surface area contributed by atoms with Gasteiger partial charge < -0.3 is 19.8 Å². The van der Waals surface area contributed by atoms with Crippen LogP contribution in [0.2, 0.25) is 0 Å². The standard InChI is InChI=1S/C8H18ClNO3/c1-10(4-7(11)3-9)5-8(12)6-13-2/h7-8,11-12H,3-6H2,1-2H3. The summed E-state index contributed by atoms with van der Waals surface area (Å²) in [4.78, 5) is 1.82. The largest absolute Gasteiger partial charge is 0.391 e. The summed E-state index contributed by atoms with van der Waals surface area (Å²) < 4.78 is 4.77. The van der Waals surface area contributed by atoms with Crippen LogP contribution >= 0.6 is 11.6 Å². The Morgan fingerprint density at radius 2 is 1.85 bits per heavy atom. The Morgan fingerprint density at radius 3 is 2.31 bits per heavy atom. The lowest BCUT2D eigenvalue weighted by Crippen LogP contribution is -2.37. The first-order valence-electron chi connectivity index (χ1n) is 4.19. The van der Waals surface area contributed by atoms with E-state index in [1.54, 1.807) is 0 Å². The molecule has 0 aromatic rings. The summed E-state index contributed by atoms with van der Waals surface area (Å²) in [5, 5.41) is 18.5. The van der Waals surface area contributed by atoms with Crippen LogP contribution in [-0.4, -0.2) is 67.1 Å². The zero-order chi connectivity index (χ0) is 10.3. The lowest BCUT2D eigenvalue weighted by Gasteiger charge is -2.21. The van der Waals surface area contributed by atoms with Crippen molar-refractivity contribution in [2.75, 3.05) is 39.7 Å². The van der Waals surface area contributed by atoms with Crippen molar-refractivity contribution in [3.05, 3.63) is 0 Å². The number of hydrogen-bond donors (Lipinski definition) is 2. The molecule has 2 N–H and O–H groups in total. The fraction of sp³-hybridized carbons (Fsp3) is 1.00. The number of hydrogen-bond acceptors (Lipinski definition) is 4. The number of aliphatic hydroxyl groups is 2.